The van der Waals surface area contributed by atoms with E-state index in [1.54, 1.807) is 29.2 Å². The number of primary amides is 1. The predicted molar refractivity (Wildman–Crippen MR) is 129 cm³/mol. The molecule has 2 amide bonds. The van der Waals surface area contributed by atoms with Gasteiger partial charge in [0, 0.05) is 49.5 Å². The van der Waals surface area contributed by atoms with Crippen molar-refractivity contribution in [3.05, 3.63) is 47.3 Å². The number of anilines is 2. The van der Waals surface area contributed by atoms with E-state index in [4.69, 9.17) is 5.73 Å². The lowest BCUT2D eigenvalue weighted by Crippen LogP contribution is -2.47. The van der Waals surface area contributed by atoms with E-state index < -0.39 is 23.6 Å². The van der Waals surface area contributed by atoms with E-state index in [0.717, 1.165) is 32.1 Å². The summed E-state index contributed by atoms with van der Waals surface area (Å²) in [5.41, 5.74) is 5.54. The van der Waals surface area contributed by atoms with Gasteiger partial charge in [-0.25, -0.2) is 9.97 Å². The average molecular weight is 505 g/mol. The van der Waals surface area contributed by atoms with E-state index in [-0.39, 0.29) is 29.9 Å². The van der Waals surface area contributed by atoms with Crippen LogP contribution in [0.4, 0.5) is 24.8 Å². The van der Waals surface area contributed by atoms with Crippen molar-refractivity contribution in [3.8, 4) is 0 Å². The van der Waals surface area contributed by atoms with Crippen LogP contribution in [0.15, 0.2) is 30.5 Å². The van der Waals surface area contributed by atoms with Gasteiger partial charge in [-0.3, -0.25) is 9.59 Å². The van der Waals surface area contributed by atoms with Gasteiger partial charge in [-0.15, -0.1) is 0 Å². The van der Waals surface area contributed by atoms with Crippen LogP contribution in [0.2, 0.25) is 0 Å². The number of nitrogens with zero attached hydrogens (tertiary/aromatic N) is 4. The number of carbonyl (C=O) groups excluding carboxylic acids is 2. The summed E-state index contributed by atoms with van der Waals surface area (Å²) < 4.78 is 41.0. The lowest BCUT2D eigenvalue weighted by molar-refractivity contribution is -0.138. The first-order chi connectivity index (χ1) is 17.1. The summed E-state index contributed by atoms with van der Waals surface area (Å²) in [6, 6.07) is 6.70. The Morgan fingerprint density at radius 2 is 1.75 bits per heavy atom. The number of hydrogen-bond donors (Lipinski definition) is 2. The molecule has 2 aliphatic rings. The van der Waals surface area contributed by atoms with Crippen LogP contribution in [0.3, 0.4) is 0 Å². The number of hydrogen-bond acceptors (Lipinski definition) is 6. The molecule has 0 unspecified atom stereocenters. The Balaban J connectivity index is 1.50. The van der Waals surface area contributed by atoms with Gasteiger partial charge >= 0.3 is 6.18 Å². The maximum absolute atomic E-state index is 13.7. The van der Waals surface area contributed by atoms with Gasteiger partial charge in [-0.05, 0) is 56.5 Å². The number of aromatic nitrogens is 2. The first-order valence-electron chi connectivity index (χ1n) is 12.2. The molecule has 2 atom stereocenters. The minimum absolute atomic E-state index is 0.00187. The summed E-state index contributed by atoms with van der Waals surface area (Å²) in [6.07, 6.45) is -0.964. The fraction of sp³-hybridized carbons (Fsp3) is 0.520. The molecule has 1 aliphatic heterocycles. The lowest BCUT2D eigenvalue weighted by atomic mass is 9.76. The van der Waals surface area contributed by atoms with Crippen molar-refractivity contribution in [2.45, 2.75) is 38.3 Å². The molecular formula is C25H31F3N6O2. The summed E-state index contributed by atoms with van der Waals surface area (Å²) in [6.45, 7) is 2.96. The number of likely N-dealkylation sites (N-methyl/N-ethyl adjacent to an activating group) is 1. The summed E-state index contributed by atoms with van der Waals surface area (Å²) in [5.74, 6) is -1.27. The van der Waals surface area contributed by atoms with Crippen LogP contribution in [0.25, 0.3) is 0 Å². The summed E-state index contributed by atoms with van der Waals surface area (Å²) in [4.78, 5) is 36.6. The van der Waals surface area contributed by atoms with Crippen LogP contribution in [-0.4, -0.2) is 64.8 Å². The number of halogens is 3. The van der Waals surface area contributed by atoms with Gasteiger partial charge in [-0.1, -0.05) is 12.8 Å². The summed E-state index contributed by atoms with van der Waals surface area (Å²) in [5, 5.41) is 2.93. The van der Waals surface area contributed by atoms with E-state index in [0.29, 0.717) is 37.2 Å². The summed E-state index contributed by atoms with van der Waals surface area (Å²) >= 11 is 0. The number of piperazine rings is 1. The van der Waals surface area contributed by atoms with E-state index in [1.165, 1.54) is 0 Å². The molecule has 0 spiro atoms. The second kappa shape index (κ2) is 10.8. The van der Waals surface area contributed by atoms with Crippen LogP contribution in [-0.2, 0) is 17.4 Å². The molecule has 2 fully saturated rings. The smallest absolute Gasteiger partial charge is 0.369 e. The highest BCUT2D eigenvalue weighted by Crippen LogP contribution is 2.37. The van der Waals surface area contributed by atoms with E-state index in [9.17, 15) is 22.8 Å². The number of nitrogens with two attached hydrogens (primary N) is 1. The van der Waals surface area contributed by atoms with Crippen molar-refractivity contribution in [2.24, 2.45) is 17.6 Å². The summed E-state index contributed by atoms with van der Waals surface area (Å²) in [7, 11) is 2.02. The maximum atomic E-state index is 13.7. The largest absolute Gasteiger partial charge is 0.419 e. The number of nitrogens with one attached hydrogen (secondary N) is 1. The third kappa shape index (κ3) is 6.13. The van der Waals surface area contributed by atoms with Gasteiger partial charge in [-0.2, -0.15) is 13.2 Å². The van der Waals surface area contributed by atoms with Crippen molar-refractivity contribution >= 4 is 23.5 Å². The normalized spacial score (nSPS) is 21.3. The molecule has 1 saturated heterocycles. The van der Waals surface area contributed by atoms with Gasteiger partial charge in [0.2, 0.25) is 11.9 Å². The molecule has 0 radical (unpaired) electrons. The Morgan fingerprint density at radius 1 is 1.08 bits per heavy atom. The molecule has 2 heterocycles. The van der Waals surface area contributed by atoms with Crippen LogP contribution >= 0.6 is 0 Å². The number of alkyl halides is 3. The molecule has 2 aromatic rings. The Hall–Kier alpha value is -3.21. The average Bonchev–Trinajstić information content (AvgIpc) is 2.84. The topological polar surface area (TPSA) is 104 Å². The fourth-order valence-electron chi connectivity index (χ4n) is 4.96. The van der Waals surface area contributed by atoms with Crippen LogP contribution in [0, 0.1) is 11.8 Å². The highest BCUT2D eigenvalue weighted by Gasteiger charge is 2.37. The minimum Gasteiger partial charge on any atom is -0.369 e. The number of benzene rings is 1. The van der Waals surface area contributed by atoms with Crippen molar-refractivity contribution in [1.29, 1.82) is 0 Å². The minimum atomic E-state index is -4.62. The molecule has 1 aromatic heterocycles. The monoisotopic (exact) mass is 504 g/mol. The van der Waals surface area contributed by atoms with E-state index in [2.05, 4.69) is 20.2 Å². The van der Waals surface area contributed by atoms with Gasteiger partial charge in [0.1, 0.15) is 0 Å². The van der Waals surface area contributed by atoms with Gasteiger partial charge in [0.25, 0.3) is 5.91 Å². The second-order valence-corrected chi connectivity index (χ2v) is 9.61. The molecule has 4 rings (SSSR count). The Labute approximate surface area is 208 Å². The second-order valence-electron chi connectivity index (χ2n) is 9.61. The Morgan fingerprint density at radius 3 is 2.39 bits per heavy atom. The molecule has 1 saturated carbocycles. The van der Waals surface area contributed by atoms with Gasteiger partial charge in [0.15, 0.2) is 0 Å². The SMILES string of the molecule is CN1CCN(C(=O)c2ccc(Nc3ncc(C(F)(F)F)c(C[C@@H]4CCCC[C@@H]4C(N)=O)n3)cc2)CC1. The molecule has 1 aromatic carbocycles. The first-order valence-corrected chi connectivity index (χ1v) is 12.2. The molecule has 3 N–H and O–H groups in total. The van der Waals surface area contributed by atoms with Crippen molar-refractivity contribution < 1.29 is 22.8 Å². The highest BCUT2D eigenvalue weighted by atomic mass is 19.4. The highest BCUT2D eigenvalue weighted by molar-refractivity contribution is 5.94. The van der Waals surface area contributed by atoms with Crippen LogP contribution in [0.5, 0.6) is 0 Å². The van der Waals surface area contributed by atoms with Gasteiger partial charge < -0.3 is 20.9 Å². The Kier molecular flexibility index (Phi) is 7.77. The van der Waals surface area contributed by atoms with E-state index in [1.807, 2.05) is 7.05 Å². The van der Waals surface area contributed by atoms with Crippen molar-refractivity contribution in [3.63, 3.8) is 0 Å². The molecular weight excluding hydrogens is 473 g/mol. The third-order valence-electron chi connectivity index (χ3n) is 7.08. The van der Waals surface area contributed by atoms with E-state index >= 15 is 0 Å². The van der Waals surface area contributed by atoms with Crippen LogP contribution < -0.4 is 11.1 Å². The zero-order chi connectivity index (χ0) is 25.9. The first kappa shape index (κ1) is 25.9. The van der Waals surface area contributed by atoms with Crippen molar-refractivity contribution in [1.82, 2.24) is 19.8 Å². The number of carbonyl (C=O) groups is 2. The molecule has 194 valence electrons. The zero-order valence-corrected chi connectivity index (χ0v) is 20.2. The molecule has 0 bridgehead atoms. The van der Waals surface area contributed by atoms with Gasteiger partial charge in [0.05, 0.1) is 11.3 Å². The Bertz CT molecular complexity index is 1080. The predicted octanol–water partition coefficient (Wildman–Crippen LogP) is 3.46. The fourth-order valence-corrected chi connectivity index (χ4v) is 4.96. The number of rotatable bonds is 6. The lowest BCUT2D eigenvalue weighted by Gasteiger charge is -2.32. The molecule has 1 aliphatic carbocycles. The maximum Gasteiger partial charge on any atom is 0.419 e. The molecule has 36 heavy (non-hydrogen) atoms. The quantitative estimate of drug-likeness (QED) is 0.625. The van der Waals surface area contributed by atoms with Crippen molar-refractivity contribution in [2.75, 3.05) is 38.5 Å². The molecule has 8 nitrogen and oxygen atoms in total. The zero-order valence-electron chi connectivity index (χ0n) is 20.2. The molecule has 11 heteroatoms. The van der Waals surface area contributed by atoms with Crippen LogP contribution in [0.1, 0.15) is 47.3 Å². The standard InChI is InChI=1S/C25H31F3N6O2/c1-33-10-12-34(13-11-33)23(36)16-6-8-18(9-7-16)31-24-30-15-20(25(26,27)28)21(32-24)14-17-4-2-3-5-19(17)22(29)35/h6-9,15,17,19H,2-5,10-14H2,1H3,(H2,29,35)(H,30,31,32)/t17-,19-/m0/s1. The number of amides is 2. The third-order valence-corrected chi connectivity index (χ3v) is 7.08.